The van der Waals surface area contributed by atoms with Crippen molar-refractivity contribution in [3.63, 3.8) is 0 Å². The highest BCUT2D eigenvalue weighted by molar-refractivity contribution is 6.33. The van der Waals surface area contributed by atoms with Gasteiger partial charge in [0, 0.05) is 0 Å². The summed E-state index contributed by atoms with van der Waals surface area (Å²) in [5.41, 5.74) is 6.75. The molecule has 2 N–H and O–H groups in total. The number of halogens is 1. The largest absolute Gasteiger partial charge is 0.493 e. The molecule has 5 heteroatoms. The van der Waals surface area contributed by atoms with Crippen molar-refractivity contribution >= 4 is 23.3 Å². The molecule has 0 aromatic heterocycles. The first kappa shape index (κ1) is 12.6. The number of anilines is 1. The molecule has 1 aromatic rings. The molecule has 0 radical (unpaired) electrons. The maximum atomic E-state index is 11.3. The molecule has 0 bridgehead atoms. The molecule has 0 aliphatic rings. The second-order valence-corrected chi connectivity index (χ2v) is 3.52. The van der Waals surface area contributed by atoms with E-state index in [9.17, 15) is 4.79 Å². The van der Waals surface area contributed by atoms with Crippen LogP contribution in [-0.2, 0) is 16.0 Å². The number of esters is 1. The van der Waals surface area contributed by atoms with Crippen LogP contribution in [0.4, 0.5) is 5.69 Å². The molecule has 0 aliphatic heterocycles. The molecule has 0 saturated heterocycles. The lowest BCUT2D eigenvalue weighted by atomic mass is 10.1. The van der Waals surface area contributed by atoms with Gasteiger partial charge in [0.05, 0.1) is 30.8 Å². The van der Waals surface area contributed by atoms with E-state index in [2.05, 4.69) is 0 Å². The van der Waals surface area contributed by atoms with Crippen LogP contribution in [-0.4, -0.2) is 19.7 Å². The van der Waals surface area contributed by atoms with Gasteiger partial charge in [-0.1, -0.05) is 17.7 Å². The van der Waals surface area contributed by atoms with Crippen LogP contribution in [0.2, 0.25) is 5.02 Å². The fraction of sp³-hybridized carbons (Fsp3) is 0.364. The van der Waals surface area contributed by atoms with Gasteiger partial charge < -0.3 is 15.2 Å². The van der Waals surface area contributed by atoms with E-state index in [0.717, 1.165) is 0 Å². The van der Waals surface area contributed by atoms with Gasteiger partial charge in [-0.3, -0.25) is 4.79 Å². The Morgan fingerprint density at radius 1 is 1.50 bits per heavy atom. The average Bonchev–Trinajstić information content (AvgIpc) is 2.23. The number of ether oxygens (including phenoxy) is 2. The number of carbonyl (C=O) groups is 1. The molecule has 0 saturated carbocycles. The fourth-order valence-electron chi connectivity index (χ4n) is 1.32. The van der Waals surface area contributed by atoms with Crippen molar-refractivity contribution in [1.82, 2.24) is 0 Å². The minimum Gasteiger partial charge on any atom is -0.493 e. The first-order valence-corrected chi connectivity index (χ1v) is 5.24. The summed E-state index contributed by atoms with van der Waals surface area (Å²) in [4.78, 5) is 11.3. The quantitative estimate of drug-likeness (QED) is 0.649. The molecular formula is C11H14ClNO3. The lowest BCUT2D eigenvalue weighted by Crippen LogP contribution is -2.08. The molecule has 88 valence electrons. The molecule has 0 spiro atoms. The average molecular weight is 244 g/mol. The summed E-state index contributed by atoms with van der Waals surface area (Å²) in [6.45, 7) is 2.10. The Morgan fingerprint density at radius 3 is 2.75 bits per heavy atom. The van der Waals surface area contributed by atoms with Crippen molar-refractivity contribution in [1.29, 1.82) is 0 Å². The van der Waals surface area contributed by atoms with Crippen LogP contribution in [0.1, 0.15) is 12.5 Å². The van der Waals surface area contributed by atoms with Crippen LogP contribution in [0.25, 0.3) is 0 Å². The van der Waals surface area contributed by atoms with Crippen LogP contribution >= 0.6 is 11.6 Å². The topological polar surface area (TPSA) is 61.5 Å². The number of nitrogen functional groups attached to an aromatic ring is 1. The van der Waals surface area contributed by atoms with Crippen molar-refractivity contribution < 1.29 is 14.3 Å². The van der Waals surface area contributed by atoms with Gasteiger partial charge in [-0.2, -0.15) is 0 Å². The van der Waals surface area contributed by atoms with Crippen LogP contribution in [0.15, 0.2) is 12.1 Å². The monoisotopic (exact) mass is 243 g/mol. The van der Waals surface area contributed by atoms with Gasteiger partial charge in [-0.25, -0.2) is 0 Å². The van der Waals surface area contributed by atoms with Gasteiger partial charge >= 0.3 is 5.97 Å². The molecule has 0 unspecified atom stereocenters. The summed E-state index contributed by atoms with van der Waals surface area (Å²) in [6, 6.07) is 3.34. The first-order valence-electron chi connectivity index (χ1n) is 4.86. The molecule has 1 aromatic carbocycles. The molecule has 1 rings (SSSR count). The third kappa shape index (κ3) is 2.79. The second-order valence-electron chi connectivity index (χ2n) is 3.14. The normalized spacial score (nSPS) is 9.94. The highest BCUT2D eigenvalue weighted by atomic mass is 35.5. The van der Waals surface area contributed by atoms with Crippen molar-refractivity contribution in [3.8, 4) is 5.75 Å². The summed E-state index contributed by atoms with van der Waals surface area (Å²) in [5, 5.41) is 0.357. The third-order valence-electron chi connectivity index (χ3n) is 2.05. The van der Waals surface area contributed by atoms with Gasteiger partial charge in [0.1, 0.15) is 0 Å². The Hall–Kier alpha value is -1.42. The fourth-order valence-corrected chi connectivity index (χ4v) is 1.64. The van der Waals surface area contributed by atoms with E-state index < -0.39 is 0 Å². The van der Waals surface area contributed by atoms with Crippen molar-refractivity contribution in [2.75, 3.05) is 19.5 Å². The minimum atomic E-state index is -0.323. The van der Waals surface area contributed by atoms with Gasteiger partial charge in [0.2, 0.25) is 0 Å². The van der Waals surface area contributed by atoms with Crippen LogP contribution in [0.3, 0.4) is 0 Å². The lowest BCUT2D eigenvalue weighted by molar-refractivity contribution is -0.142. The Morgan fingerprint density at radius 2 is 2.19 bits per heavy atom. The summed E-state index contributed by atoms with van der Waals surface area (Å²) in [6.07, 6.45) is 0.114. The molecule has 16 heavy (non-hydrogen) atoms. The standard InChI is InChI=1S/C11H14ClNO3/c1-3-16-9(14)6-7-4-5-8(13)11(15-2)10(7)12/h4-5H,3,6,13H2,1-2H3. The maximum absolute atomic E-state index is 11.3. The SMILES string of the molecule is CCOC(=O)Cc1ccc(N)c(OC)c1Cl. The third-order valence-corrected chi connectivity index (χ3v) is 2.47. The predicted molar refractivity (Wildman–Crippen MR) is 62.8 cm³/mol. The molecule has 0 fully saturated rings. The number of carbonyl (C=O) groups excluding carboxylic acids is 1. The Labute approximate surface area is 99.3 Å². The van der Waals surface area contributed by atoms with Gasteiger partial charge in [-0.05, 0) is 18.6 Å². The number of benzene rings is 1. The molecule has 4 nitrogen and oxygen atoms in total. The molecule has 0 aliphatic carbocycles. The smallest absolute Gasteiger partial charge is 0.310 e. The van der Waals surface area contributed by atoms with E-state index in [4.69, 9.17) is 26.8 Å². The van der Waals surface area contributed by atoms with Crippen LogP contribution < -0.4 is 10.5 Å². The van der Waals surface area contributed by atoms with E-state index in [1.54, 1.807) is 19.1 Å². The first-order chi connectivity index (χ1) is 7.60. The molecular weight excluding hydrogens is 230 g/mol. The zero-order valence-electron chi connectivity index (χ0n) is 9.25. The number of hydrogen-bond acceptors (Lipinski definition) is 4. The molecule has 0 atom stereocenters. The Bertz CT molecular complexity index is 393. The molecule has 0 heterocycles. The van der Waals surface area contributed by atoms with Crippen LogP contribution in [0, 0.1) is 0 Å². The van der Waals surface area contributed by atoms with Crippen molar-refractivity contribution in [3.05, 3.63) is 22.7 Å². The van der Waals surface area contributed by atoms with Gasteiger partial charge in [-0.15, -0.1) is 0 Å². The summed E-state index contributed by atoms with van der Waals surface area (Å²) in [5.74, 6) is 0.0692. The Kier molecular flexibility index (Phi) is 4.43. The summed E-state index contributed by atoms with van der Waals surface area (Å²) >= 11 is 6.05. The molecule has 0 amide bonds. The summed E-state index contributed by atoms with van der Waals surface area (Å²) < 4.78 is 9.88. The van der Waals surface area contributed by atoms with E-state index in [0.29, 0.717) is 28.6 Å². The number of methoxy groups -OCH3 is 1. The highest BCUT2D eigenvalue weighted by Gasteiger charge is 2.13. The predicted octanol–water partition coefficient (Wildman–Crippen LogP) is 2.04. The van der Waals surface area contributed by atoms with E-state index in [1.807, 2.05) is 0 Å². The highest BCUT2D eigenvalue weighted by Crippen LogP contribution is 2.34. The van der Waals surface area contributed by atoms with E-state index in [1.165, 1.54) is 7.11 Å². The van der Waals surface area contributed by atoms with Crippen molar-refractivity contribution in [2.24, 2.45) is 0 Å². The number of hydrogen-bond donors (Lipinski definition) is 1. The van der Waals surface area contributed by atoms with E-state index >= 15 is 0 Å². The lowest BCUT2D eigenvalue weighted by Gasteiger charge is -2.10. The minimum absolute atomic E-state index is 0.114. The second kappa shape index (κ2) is 5.61. The summed E-state index contributed by atoms with van der Waals surface area (Å²) in [7, 11) is 1.48. The van der Waals surface area contributed by atoms with E-state index in [-0.39, 0.29) is 12.4 Å². The zero-order chi connectivity index (χ0) is 12.1. The zero-order valence-corrected chi connectivity index (χ0v) is 10.0. The maximum Gasteiger partial charge on any atom is 0.310 e. The number of nitrogens with two attached hydrogens (primary N) is 1. The van der Waals surface area contributed by atoms with Crippen LogP contribution in [0.5, 0.6) is 5.75 Å². The van der Waals surface area contributed by atoms with Crippen molar-refractivity contribution in [2.45, 2.75) is 13.3 Å². The van der Waals surface area contributed by atoms with Gasteiger partial charge in [0.25, 0.3) is 0 Å². The van der Waals surface area contributed by atoms with Gasteiger partial charge in [0.15, 0.2) is 5.75 Å². The number of rotatable bonds is 4. The Balaban J connectivity index is 2.93.